The van der Waals surface area contributed by atoms with E-state index in [2.05, 4.69) is 15.3 Å². The molecule has 2 heterocycles. The van der Waals surface area contributed by atoms with E-state index in [9.17, 15) is 8.42 Å². The SMILES string of the molecule is CS(=O)(=O)OCCCCCCCn1cc(-c2cccnc2)nn1. The van der Waals surface area contributed by atoms with Crippen LogP contribution in [0.1, 0.15) is 32.1 Å². The quantitative estimate of drug-likeness (QED) is 0.488. The Kier molecular flexibility index (Phi) is 6.66. The molecule has 0 amide bonds. The fourth-order valence-electron chi connectivity index (χ4n) is 2.17. The molecule has 0 aliphatic heterocycles. The Hall–Kier alpha value is -1.80. The Bertz CT molecular complexity index is 686. The first kappa shape index (κ1) is 17.6. The molecule has 0 saturated heterocycles. The molecule has 23 heavy (non-hydrogen) atoms. The third-order valence-electron chi connectivity index (χ3n) is 3.32. The lowest BCUT2D eigenvalue weighted by Crippen LogP contribution is -2.04. The second kappa shape index (κ2) is 8.73. The third-order valence-corrected chi connectivity index (χ3v) is 3.92. The van der Waals surface area contributed by atoms with Gasteiger partial charge in [-0.25, -0.2) is 0 Å². The highest BCUT2D eigenvalue weighted by atomic mass is 32.2. The van der Waals surface area contributed by atoms with E-state index in [0.29, 0.717) is 0 Å². The van der Waals surface area contributed by atoms with Crippen LogP contribution in [0.4, 0.5) is 0 Å². The topological polar surface area (TPSA) is 87.0 Å². The highest BCUT2D eigenvalue weighted by Gasteiger charge is 2.03. The summed E-state index contributed by atoms with van der Waals surface area (Å²) in [6.07, 6.45) is 11.4. The maximum atomic E-state index is 10.8. The summed E-state index contributed by atoms with van der Waals surface area (Å²) in [5.74, 6) is 0. The monoisotopic (exact) mass is 338 g/mol. The van der Waals surface area contributed by atoms with E-state index < -0.39 is 10.1 Å². The lowest BCUT2D eigenvalue weighted by Gasteiger charge is -2.02. The van der Waals surface area contributed by atoms with Gasteiger partial charge in [0, 0.05) is 24.5 Å². The number of unbranched alkanes of at least 4 members (excludes halogenated alkanes) is 4. The Labute approximate surface area is 136 Å². The van der Waals surface area contributed by atoms with Crippen molar-refractivity contribution in [3.8, 4) is 11.3 Å². The Morgan fingerprint density at radius 3 is 2.70 bits per heavy atom. The van der Waals surface area contributed by atoms with E-state index in [1.165, 1.54) is 0 Å². The van der Waals surface area contributed by atoms with Crippen molar-refractivity contribution in [3.63, 3.8) is 0 Å². The molecule has 2 aromatic rings. The third kappa shape index (κ3) is 6.87. The Balaban J connectivity index is 1.59. The molecule has 0 spiro atoms. The number of pyridine rings is 1. The van der Waals surface area contributed by atoms with Crippen molar-refractivity contribution in [2.24, 2.45) is 0 Å². The summed E-state index contributed by atoms with van der Waals surface area (Å²) >= 11 is 0. The molecule has 2 aromatic heterocycles. The van der Waals surface area contributed by atoms with E-state index in [1.807, 2.05) is 23.0 Å². The lowest BCUT2D eigenvalue weighted by atomic mass is 10.1. The fourth-order valence-corrected chi connectivity index (χ4v) is 2.59. The molecular formula is C15H22N4O3S. The van der Waals surface area contributed by atoms with Crippen molar-refractivity contribution in [2.75, 3.05) is 12.9 Å². The van der Waals surface area contributed by atoms with Crippen LogP contribution in [0.2, 0.25) is 0 Å². The first-order valence-corrected chi connectivity index (χ1v) is 9.51. The van der Waals surface area contributed by atoms with E-state index in [1.54, 1.807) is 12.4 Å². The molecule has 0 bridgehead atoms. The van der Waals surface area contributed by atoms with Gasteiger partial charge in [0.25, 0.3) is 10.1 Å². The molecule has 0 aromatic carbocycles. The molecular weight excluding hydrogens is 316 g/mol. The van der Waals surface area contributed by atoms with Crippen LogP contribution in [-0.4, -0.2) is 41.3 Å². The van der Waals surface area contributed by atoms with Crippen molar-refractivity contribution >= 4 is 10.1 Å². The van der Waals surface area contributed by atoms with E-state index in [0.717, 1.165) is 56.2 Å². The largest absolute Gasteiger partial charge is 0.270 e. The van der Waals surface area contributed by atoms with Crippen LogP contribution in [0, 0.1) is 0 Å². The van der Waals surface area contributed by atoms with Gasteiger partial charge in [0.05, 0.1) is 19.1 Å². The standard InChI is InChI=1S/C15H22N4O3S/c1-23(20,21)22-11-6-4-2-3-5-10-19-13-15(17-18-19)14-8-7-9-16-12-14/h7-9,12-13H,2-6,10-11H2,1H3. The summed E-state index contributed by atoms with van der Waals surface area (Å²) in [7, 11) is -3.30. The minimum atomic E-state index is -3.30. The number of hydrogen-bond acceptors (Lipinski definition) is 6. The maximum Gasteiger partial charge on any atom is 0.264 e. The van der Waals surface area contributed by atoms with Crippen LogP contribution in [0.3, 0.4) is 0 Å². The molecule has 0 N–H and O–H groups in total. The Morgan fingerprint density at radius 1 is 1.17 bits per heavy atom. The maximum absolute atomic E-state index is 10.8. The minimum absolute atomic E-state index is 0.274. The van der Waals surface area contributed by atoms with Crippen LogP contribution in [-0.2, 0) is 20.8 Å². The first-order valence-electron chi connectivity index (χ1n) is 7.69. The zero-order valence-electron chi connectivity index (χ0n) is 13.3. The number of aryl methyl sites for hydroxylation is 1. The van der Waals surface area contributed by atoms with Crippen LogP contribution >= 0.6 is 0 Å². The number of hydrogen-bond donors (Lipinski definition) is 0. The van der Waals surface area contributed by atoms with E-state index in [-0.39, 0.29) is 6.61 Å². The van der Waals surface area contributed by atoms with Gasteiger partial charge in [0.15, 0.2) is 0 Å². The van der Waals surface area contributed by atoms with Gasteiger partial charge >= 0.3 is 0 Å². The molecule has 0 aliphatic carbocycles. The zero-order chi connectivity index (χ0) is 16.5. The van der Waals surface area contributed by atoms with Gasteiger partial charge in [0.2, 0.25) is 0 Å². The summed E-state index contributed by atoms with van der Waals surface area (Å²) in [4.78, 5) is 4.07. The molecule has 7 nitrogen and oxygen atoms in total. The molecule has 0 atom stereocenters. The second-order valence-corrected chi connectivity index (χ2v) is 7.05. The fraction of sp³-hybridized carbons (Fsp3) is 0.533. The van der Waals surface area contributed by atoms with Crippen molar-refractivity contribution in [1.82, 2.24) is 20.0 Å². The van der Waals surface area contributed by atoms with Crippen LogP contribution < -0.4 is 0 Å². The highest BCUT2D eigenvalue weighted by Crippen LogP contribution is 2.14. The zero-order valence-corrected chi connectivity index (χ0v) is 14.1. The van der Waals surface area contributed by atoms with Gasteiger partial charge in [-0.2, -0.15) is 8.42 Å². The van der Waals surface area contributed by atoms with E-state index >= 15 is 0 Å². The van der Waals surface area contributed by atoms with Crippen molar-refractivity contribution in [1.29, 1.82) is 0 Å². The lowest BCUT2D eigenvalue weighted by molar-refractivity contribution is 0.309. The van der Waals surface area contributed by atoms with Gasteiger partial charge in [-0.15, -0.1) is 5.10 Å². The molecule has 126 valence electrons. The molecule has 0 unspecified atom stereocenters. The predicted molar refractivity (Wildman–Crippen MR) is 87.1 cm³/mol. The second-order valence-electron chi connectivity index (χ2n) is 5.40. The van der Waals surface area contributed by atoms with Gasteiger partial charge in [-0.05, 0) is 25.0 Å². The molecule has 0 radical (unpaired) electrons. The van der Waals surface area contributed by atoms with Crippen molar-refractivity contribution in [2.45, 2.75) is 38.6 Å². The normalized spacial score (nSPS) is 11.7. The summed E-state index contributed by atoms with van der Waals surface area (Å²) < 4.78 is 28.1. The van der Waals surface area contributed by atoms with E-state index in [4.69, 9.17) is 4.18 Å². The molecule has 2 rings (SSSR count). The Morgan fingerprint density at radius 2 is 1.96 bits per heavy atom. The number of rotatable bonds is 10. The molecule has 8 heteroatoms. The average Bonchev–Trinajstić information content (AvgIpc) is 2.99. The first-order chi connectivity index (χ1) is 11.0. The van der Waals surface area contributed by atoms with Crippen molar-refractivity contribution < 1.29 is 12.6 Å². The summed E-state index contributed by atoms with van der Waals surface area (Å²) in [6.45, 7) is 1.10. The number of aromatic nitrogens is 4. The van der Waals surface area contributed by atoms with Crippen molar-refractivity contribution in [3.05, 3.63) is 30.7 Å². The van der Waals surface area contributed by atoms with Gasteiger partial charge in [0.1, 0.15) is 5.69 Å². The summed E-state index contributed by atoms with van der Waals surface area (Å²) in [6, 6.07) is 3.84. The van der Waals surface area contributed by atoms with Crippen LogP contribution in [0.15, 0.2) is 30.7 Å². The molecule has 0 fully saturated rings. The highest BCUT2D eigenvalue weighted by molar-refractivity contribution is 7.85. The average molecular weight is 338 g/mol. The predicted octanol–water partition coefficient (Wildman–Crippen LogP) is 2.27. The molecule has 0 saturated carbocycles. The summed E-state index contributed by atoms with van der Waals surface area (Å²) in [5.41, 5.74) is 1.79. The summed E-state index contributed by atoms with van der Waals surface area (Å²) in [5, 5.41) is 8.27. The van der Waals surface area contributed by atoms with Crippen LogP contribution in [0.25, 0.3) is 11.3 Å². The van der Waals surface area contributed by atoms with Gasteiger partial charge in [-0.3, -0.25) is 13.8 Å². The smallest absolute Gasteiger partial charge is 0.264 e. The molecule has 0 aliphatic rings. The minimum Gasteiger partial charge on any atom is -0.270 e. The van der Waals surface area contributed by atoms with Crippen LogP contribution in [0.5, 0.6) is 0 Å². The van der Waals surface area contributed by atoms with Gasteiger partial charge < -0.3 is 0 Å². The number of nitrogens with zero attached hydrogens (tertiary/aromatic N) is 4. The van der Waals surface area contributed by atoms with Gasteiger partial charge in [-0.1, -0.05) is 24.5 Å².